The number of hydrogen-bond acceptors (Lipinski definition) is 8. The number of anilines is 2. The minimum atomic E-state index is -0.677. The first kappa shape index (κ1) is 29.5. The number of imide groups is 1. The van der Waals surface area contributed by atoms with Crippen LogP contribution >= 0.6 is 0 Å². The van der Waals surface area contributed by atoms with Crippen LogP contribution in [0.1, 0.15) is 53.6 Å². The molecule has 11 heteroatoms. The fourth-order valence-corrected chi connectivity index (χ4v) is 6.86. The van der Waals surface area contributed by atoms with Crippen molar-refractivity contribution >= 4 is 45.9 Å². The monoisotopic (exact) mass is 618 g/mol. The molecule has 3 aliphatic heterocycles. The number of pyridine rings is 2. The zero-order chi connectivity index (χ0) is 31.8. The Labute approximate surface area is 265 Å². The zero-order valence-electron chi connectivity index (χ0n) is 25.2. The van der Waals surface area contributed by atoms with Crippen LogP contribution in [0.2, 0.25) is 0 Å². The summed E-state index contributed by atoms with van der Waals surface area (Å²) in [6.45, 7) is 1.56. The summed E-state index contributed by atoms with van der Waals surface area (Å²) in [5, 5.41) is 17.6. The van der Waals surface area contributed by atoms with Crippen molar-refractivity contribution in [2.24, 2.45) is 5.92 Å². The Morgan fingerprint density at radius 2 is 1.83 bits per heavy atom. The van der Waals surface area contributed by atoms with Gasteiger partial charge in [-0.05, 0) is 66.5 Å². The number of aromatic nitrogens is 2. The van der Waals surface area contributed by atoms with E-state index in [9.17, 15) is 24.3 Å². The molecule has 4 amide bonds. The lowest BCUT2D eigenvalue weighted by molar-refractivity contribution is -0.137. The van der Waals surface area contributed by atoms with Crippen molar-refractivity contribution in [3.05, 3.63) is 83.7 Å². The van der Waals surface area contributed by atoms with E-state index in [1.54, 1.807) is 24.4 Å². The molecule has 0 aliphatic carbocycles. The smallest absolute Gasteiger partial charge is 0.255 e. The van der Waals surface area contributed by atoms with Crippen molar-refractivity contribution in [3.63, 3.8) is 0 Å². The number of hydrogen-bond donors (Lipinski definition) is 3. The Bertz CT molecular complexity index is 1860. The SMILES string of the molecule is O=C1CCC(N2Cc3cc(NC(=O)CC4CCN(c5ncc(-c6nccc7ccccc67)cc5CO)CC4)ccc3C2=O)C(=O)N1. The normalized spacial score (nSPS) is 18.5. The van der Waals surface area contributed by atoms with E-state index in [1.807, 2.05) is 42.6 Å². The highest BCUT2D eigenvalue weighted by molar-refractivity contribution is 6.05. The van der Waals surface area contributed by atoms with Crippen molar-refractivity contribution in [2.75, 3.05) is 23.3 Å². The number of nitrogens with zero attached hydrogens (tertiary/aromatic N) is 4. The van der Waals surface area contributed by atoms with Crippen molar-refractivity contribution < 1.29 is 24.3 Å². The maximum atomic E-state index is 13.0. The Morgan fingerprint density at radius 1 is 1.00 bits per heavy atom. The van der Waals surface area contributed by atoms with Gasteiger partial charge in [0.2, 0.25) is 17.7 Å². The van der Waals surface area contributed by atoms with E-state index in [-0.39, 0.29) is 43.2 Å². The molecule has 2 fully saturated rings. The third-order valence-electron chi connectivity index (χ3n) is 9.26. The second kappa shape index (κ2) is 12.3. The van der Waals surface area contributed by atoms with Crippen molar-refractivity contribution in [1.29, 1.82) is 0 Å². The fourth-order valence-electron chi connectivity index (χ4n) is 6.86. The van der Waals surface area contributed by atoms with Crippen molar-refractivity contribution in [2.45, 2.75) is 51.3 Å². The molecular formula is C35H34N6O5. The van der Waals surface area contributed by atoms with Gasteiger partial charge in [-0.3, -0.25) is 29.5 Å². The topological polar surface area (TPSA) is 145 Å². The molecule has 2 aromatic carbocycles. The van der Waals surface area contributed by atoms with Crippen LogP contribution in [-0.2, 0) is 27.5 Å². The summed E-state index contributed by atoms with van der Waals surface area (Å²) in [6.07, 6.45) is 6.10. The molecule has 0 radical (unpaired) electrons. The molecule has 11 nitrogen and oxygen atoms in total. The molecule has 2 saturated heterocycles. The predicted octanol–water partition coefficient (Wildman–Crippen LogP) is 3.80. The Balaban J connectivity index is 0.953. The summed E-state index contributed by atoms with van der Waals surface area (Å²) in [5.41, 5.74) is 4.29. The molecule has 1 atom stereocenters. The average molecular weight is 619 g/mol. The second-order valence-corrected chi connectivity index (χ2v) is 12.2. The number of benzene rings is 2. The number of rotatable bonds is 7. The first-order valence-electron chi connectivity index (χ1n) is 15.6. The Kier molecular flexibility index (Phi) is 7.91. The summed E-state index contributed by atoms with van der Waals surface area (Å²) >= 11 is 0. The summed E-state index contributed by atoms with van der Waals surface area (Å²) < 4.78 is 0. The van der Waals surface area contributed by atoms with Crippen LogP contribution in [0.3, 0.4) is 0 Å². The largest absolute Gasteiger partial charge is 0.392 e. The summed E-state index contributed by atoms with van der Waals surface area (Å²) in [7, 11) is 0. The van der Waals surface area contributed by atoms with E-state index in [4.69, 9.17) is 4.98 Å². The molecule has 1 unspecified atom stereocenters. The number of aliphatic hydroxyl groups is 1. The molecule has 3 N–H and O–H groups in total. The van der Waals surface area contributed by atoms with Crippen LogP contribution in [0.25, 0.3) is 22.0 Å². The van der Waals surface area contributed by atoms with E-state index in [0.29, 0.717) is 24.1 Å². The van der Waals surface area contributed by atoms with Gasteiger partial charge in [0, 0.05) is 72.6 Å². The number of aliphatic hydroxyl groups excluding tert-OH is 1. The lowest BCUT2D eigenvalue weighted by Crippen LogP contribution is -2.52. The molecule has 234 valence electrons. The van der Waals surface area contributed by atoms with Gasteiger partial charge < -0.3 is 20.2 Å². The number of nitrogens with one attached hydrogen (secondary N) is 2. The number of amides is 4. The van der Waals surface area contributed by atoms with Gasteiger partial charge >= 0.3 is 0 Å². The molecular weight excluding hydrogens is 584 g/mol. The van der Waals surface area contributed by atoms with Gasteiger partial charge in [-0.15, -0.1) is 0 Å². The first-order valence-corrected chi connectivity index (χ1v) is 15.6. The van der Waals surface area contributed by atoms with E-state index >= 15 is 0 Å². The lowest BCUT2D eigenvalue weighted by Gasteiger charge is -2.33. The van der Waals surface area contributed by atoms with E-state index in [1.165, 1.54) is 4.90 Å². The summed E-state index contributed by atoms with van der Waals surface area (Å²) in [5.74, 6) is -0.147. The van der Waals surface area contributed by atoms with Gasteiger partial charge in [0.15, 0.2) is 0 Å². The van der Waals surface area contributed by atoms with E-state index < -0.39 is 11.9 Å². The molecule has 0 spiro atoms. The van der Waals surface area contributed by atoms with Crippen LogP contribution in [0.15, 0.2) is 67.0 Å². The molecule has 5 heterocycles. The second-order valence-electron chi connectivity index (χ2n) is 12.2. The minimum absolute atomic E-state index is 0.0918. The van der Waals surface area contributed by atoms with Crippen molar-refractivity contribution in [3.8, 4) is 11.3 Å². The number of carbonyl (C=O) groups excluding carboxylic acids is 4. The van der Waals surface area contributed by atoms with E-state index in [2.05, 4.69) is 20.5 Å². The van der Waals surface area contributed by atoms with Gasteiger partial charge in [0.25, 0.3) is 5.91 Å². The first-order chi connectivity index (χ1) is 22.4. The summed E-state index contributed by atoms with van der Waals surface area (Å²) in [4.78, 5) is 62.9. The van der Waals surface area contributed by atoms with Crippen LogP contribution in [-0.4, -0.2) is 62.7 Å². The third-order valence-corrected chi connectivity index (χ3v) is 9.26. The van der Waals surface area contributed by atoms with Gasteiger partial charge in [-0.1, -0.05) is 24.3 Å². The average Bonchev–Trinajstić information content (AvgIpc) is 3.39. The van der Waals surface area contributed by atoms with Crippen LogP contribution < -0.4 is 15.5 Å². The minimum Gasteiger partial charge on any atom is -0.392 e. The molecule has 2 aromatic heterocycles. The lowest BCUT2D eigenvalue weighted by atomic mass is 9.93. The molecule has 4 aromatic rings. The van der Waals surface area contributed by atoms with Gasteiger partial charge in [-0.2, -0.15) is 0 Å². The quantitative estimate of drug-likeness (QED) is 0.266. The molecule has 0 saturated carbocycles. The van der Waals surface area contributed by atoms with Gasteiger partial charge in [-0.25, -0.2) is 4.98 Å². The highest BCUT2D eigenvalue weighted by Crippen LogP contribution is 2.33. The number of piperidine rings is 2. The zero-order valence-corrected chi connectivity index (χ0v) is 25.2. The number of fused-ring (bicyclic) bond motifs is 2. The molecule has 7 rings (SSSR count). The maximum Gasteiger partial charge on any atom is 0.255 e. The standard InChI is InChI=1S/C35H34N6O5/c42-20-25-16-23(32-27-4-2-1-3-22(27)9-12-36-32)18-37-33(25)40-13-10-21(11-14-40)15-31(44)38-26-5-6-28-24(17-26)19-41(35(28)46)29-7-8-30(43)39-34(29)45/h1-6,9,12,16-18,21,29,42H,7-8,10-11,13-15,19-20H2,(H,38,44)(H,39,43,45). The fraction of sp³-hybridized carbons (Fsp3) is 0.314. The maximum absolute atomic E-state index is 13.0. The van der Waals surface area contributed by atoms with Gasteiger partial charge in [0.1, 0.15) is 11.9 Å². The van der Waals surface area contributed by atoms with Crippen molar-refractivity contribution in [1.82, 2.24) is 20.2 Å². The third kappa shape index (κ3) is 5.69. The summed E-state index contributed by atoms with van der Waals surface area (Å²) in [6, 6.07) is 16.5. The molecule has 0 bridgehead atoms. The highest BCUT2D eigenvalue weighted by atomic mass is 16.3. The molecule has 46 heavy (non-hydrogen) atoms. The van der Waals surface area contributed by atoms with E-state index in [0.717, 1.165) is 64.9 Å². The highest BCUT2D eigenvalue weighted by Gasteiger charge is 2.39. The Morgan fingerprint density at radius 3 is 2.63 bits per heavy atom. The predicted molar refractivity (Wildman–Crippen MR) is 172 cm³/mol. The Hall–Kier alpha value is -5.16. The van der Waals surface area contributed by atoms with Crippen LogP contribution in [0.5, 0.6) is 0 Å². The van der Waals surface area contributed by atoms with Gasteiger partial charge in [0.05, 0.1) is 12.3 Å². The number of carbonyl (C=O) groups is 4. The molecule has 3 aliphatic rings. The van der Waals surface area contributed by atoms with Crippen LogP contribution in [0.4, 0.5) is 11.5 Å². The van der Waals surface area contributed by atoms with Crippen LogP contribution in [0, 0.1) is 5.92 Å².